The molecule has 0 saturated carbocycles. The Hall–Kier alpha value is -1.36. The zero-order valence-corrected chi connectivity index (χ0v) is 7.80. The fourth-order valence-corrected chi connectivity index (χ4v) is 1.51. The van der Waals surface area contributed by atoms with E-state index in [1.807, 2.05) is 0 Å². The molecular formula is C8H9NO3S. The third-order valence-corrected chi connectivity index (χ3v) is 2.72. The molecule has 1 aromatic carbocycles. The van der Waals surface area contributed by atoms with Crippen LogP contribution in [0.15, 0.2) is 29.2 Å². The van der Waals surface area contributed by atoms with Crippen molar-refractivity contribution in [2.75, 3.05) is 6.26 Å². The summed E-state index contributed by atoms with van der Waals surface area (Å²) in [7, 11) is -2.74. The van der Waals surface area contributed by atoms with Gasteiger partial charge in [-0.15, -0.1) is 0 Å². The minimum Gasteiger partial charge on any atom is -0.478 e. The van der Waals surface area contributed by atoms with Gasteiger partial charge in [-0.3, -0.25) is 0 Å². The molecule has 1 atom stereocenters. The molecule has 0 saturated heterocycles. The Balaban J connectivity index is 3.16. The van der Waals surface area contributed by atoms with E-state index in [4.69, 9.17) is 9.89 Å². The van der Waals surface area contributed by atoms with Crippen LogP contribution in [0.1, 0.15) is 10.4 Å². The molecule has 4 nitrogen and oxygen atoms in total. The van der Waals surface area contributed by atoms with Crippen molar-refractivity contribution < 1.29 is 14.1 Å². The lowest BCUT2D eigenvalue weighted by molar-refractivity contribution is 0.0697. The average molecular weight is 199 g/mol. The maximum Gasteiger partial charge on any atom is 0.335 e. The summed E-state index contributed by atoms with van der Waals surface area (Å²) >= 11 is 0. The number of hydrogen-bond acceptors (Lipinski definition) is 3. The Morgan fingerprint density at radius 1 is 1.38 bits per heavy atom. The molecule has 2 N–H and O–H groups in total. The monoisotopic (exact) mass is 199 g/mol. The number of hydrogen-bond donors (Lipinski definition) is 2. The molecule has 0 heterocycles. The van der Waals surface area contributed by atoms with Gasteiger partial charge in [-0.25, -0.2) is 13.8 Å². The Kier molecular flexibility index (Phi) is 2.38. The van der Waals surface area contributed by atoms with Crippen molar-refractivity contribution in [3.8, 4) is 0 Å². The van der Waals surface area contributed by atoms with Crippen molar-refractivity contribution in [2.24, 2.45) is 0 Å². The molecule has 0 fully saturated rings. The predicted molar refractivity (Wildman–Crippen MR) is 48.5 cm³/mol. The first-order valence-electron chi connectivity index (χ1n) is 3.48. The van der Waals surface area contributed by atoms with E-state index in [-0.39, 0.29) is 5.56 Å². The molecule has 13 heavy (non-hydrogen) atoms. The van der Waals surface area contributed by atoms with Crippen LogP contribution < -0.4 is 0 Å². The summed E-state index contributed by atoms with van der Waals surface area (Å²) in [6.45, 7) is 0. The van der Waals surface area contributed by atoms with Crippen LogP contribution in [0, 0.1) is 4.78 Å². The Morgan fingerprint density at radius 3 is 2.15 bits per heavy atom. The number of nitrogens with one attached hydrogen (secondary N) is 1. The Morgan fingerprint density at radius 2 is 1.85 bits per heavy atom. The van der Waals surface area contributed by atoms with Crippen molar-refractivity contribution in [1.29, 1.82) is 4.78 Å². The molecule has 0 aromatic heterocycles. The third-order valence-electron chi connectivity index (χ3n) is 1.55. The number of benzene rings is 1. The summed E-state index contributed by atoms with van der Waals surface area (Å²) < 4.78 is 18.4. The summed E-state index contributed by atoms with van der Waals surface area (Å²) in [6, 6.07) is 5.49. The second kappa shape index (κ2) is 3.18. The third kappa shape index (κ3) is 2.29. The molecule has 70 valence electrons. The van der Waals surface area contributed by atoms with Gasteiger partial charge in [-0.1, -0.05) is 0 Å². The molecule has 0 radical (unpaired) electrons. The quantitative estimate of drug-likeness (QED) is 0.756. The van der Waals surface area contributed by atoms with Crippen molar-refractivity contribution in [3.05, 3.63) is 29.8 Å². The highest BCUT2D eigenvalue weighted by atomic mass is 32.2. The molecule has 0 amide bonds. The lowest BCUT2D eigenvalue weighted by atomic mass is 10.2. The van der Waals surface area contributed by atoms with E-state index in [0.29, 0.717) is 4.90 Å². The number of carboxylic acid groups (broad SMARTS) is 1. The highest BCUT2D eigenvalue weighted by Gasteiger charge is 2.05. The highest BCUT2D eigenvalue weighted by Crippen LogP contribution is 2.10. The van der Waals surface area contributed by atoms with Crippen LogP contribution >= 0.6 is 0 Å². The fraction of sp³-hybridized carbons (Fsp3) is 0.125. The Bertz CT molecular complexity index is 419. The van der Waals surface area contributed by atoms with Crippen molar-refractivity contribution in [1.82, 2.24) is 0 Å². The molecule has 0 unspecified atom stereocenters. The SMILES string of the molecule is C[S@@](=N)(=O)c1ccc(C(=O)O)cc1. The second-order valence-corrected chi connectivity index (χ2v) is 4.83. The maximum absolute atomic E-state index is 11.2. The standard InChI is InChI=1S/C8H9NO3S/c1-13(9,12)7-4-2-6(3-5-7)8(10)11/h2-5,9H,1H3,(H,10,11)/t13-/m1/s1. The summed E-state index contributed by atoms with van der Waals surface area (Å²) in [5, 5.41) is 8.56. The van der Waals surface area contributed by atoms with Crippen LogP contribution in [-0.4, -0.2) is 21.5 Å². The molecule has 1 rings (SSSR count). The summed E-state index contributed by atoms with van der Waals surface area (Å²) in [6.07, 6.45) is 1.29. The first kappa shape index (κ1) is 9.73. The first-order valence-corrected chi connectivity index (χ1v) is 5.45. The van der Waals surface area contributed by atoms with Crippen LogP contribution in [0.5, 0.6) is 0 Å². The number of carboxylic acids is 1. The number of rotatable bonds is 2. The van der Waals surface area contributed by atoms with Crippen LogP contribution in [0.2, 0.25) is 0 Å². The second-order valence-electron chi connectivity index (χ2n) is 2.67. The van der Waals surface area contributed by atoms with E-state index in [1.165, 1.54) is 30.5 Å². The summed E-state index contributed by atoms with van der Waals surface area (Å²) in [5.74, 6) is -1.03. The fourth-order valence-electron chi connectivity index (χ4n) is 0.857. The molecule has 0 aliphatic carbocycles. The van der Waals surface area contributed by atoms with Crippen LogP contribution in [0.3, 0.4) is 0 Å². The molecule has 5 heteroatoms. The van der Waals surface area contributed by atoms with Gasteiger partial charge in [-0.2, -0.15) is 0 Å². The van der Waals surface area contributed by atoms with E-state index in [9.17, 15) is 9.00 Å². The molecule has 1 aromatic rings. The lowest BCUT2D eigenvalue weighted by Gasteiger charge is -2.00. The van der Waals surface area contributed by atoms with Crippen LogP contribution in [0.25, 0.3) is 0 Å². The zero-order valence-electron chi connectivity index (χ0n) is 6.98. The van der Waals surface area contributed by atoms with Gasteiger partial charge in [0.05, 0.1) is 15.3 Å². The predicted octanol–water partition coefficient (Wildman–Crippen LogP) is 1.42. The van der Waals surface area contributed by atoms with E-state index in [1.54, 1.807) is 0 Å². The minimum absolute atomic E-state index is 0.132. The van der Waals surface area contributed by atoms with Gasteiger partial charge in [0.25, 0.3) is 0 Å². The minimum atomic E-state index is -2.74. The molecule has 0 bridgehead atoms. The number of aromatic carboxylic acids is 1. The topological polar surface area (TPSA) is 78.2 Å². The van der Waals surface area contributed by atoms with E-state index in [2.05, 4.69) is 0 Å². The van der Waals surface area contributed by atoms with Gasteiger partial charge in [0, 0.05) is 11.2 Å². The highest BCUT2D eigenvalue weighted by molar-refractivity contribution is 7.91. The van der Waals surface area contributed by atoms with E-state index < -0.39 is 15.7 Å². The Labute approximate surface area is 76.2 Å². The molecule has 0 aliphatic rings. The van der Waals surface area contributed by atoms with Gasteiger partial charge in [0.2, 0.25) is 0 Å². The van der Waals surface area contributed by atoms with Gasteiger partial charge in [0.15, 0.2) is 0 Å². The molecule has 0 spiro atoms. The normalized spacial score (nSPS) is 14.8. The lowest BCUT2D eigenvalue weighted by Crippen LogP contribution is -1.98. The van der Waals surface area contributed by atoms with Crippen molar-refractivity contribution in [3.63, 3.8) is 0 Å². The number of carbonyl (C=O) groups is 1. The average Bonchev–Trinajstić information content (AvgIpc) is 2.03. The van der Waals surface area contributed by atoms with Crippen molar-refractivity contribution >= 4 is 15.7 Å². The smallest absolute Gasteiger partial charge is 0.335 e. The van der Waals surface area contributed by atoms with Gasteiger partial charge < -0.3 is 5.11 Å². The molecular weight excluding hydrogens is 190 g/mol. The van der Waals surface area contributed by atoms with E-state index in [0.717, 1.165) is 0 Å². The summed E-state index contributed by atoms with van der Waals surface area (Å²) in [4.78, 5) is 10.8. The van der Waals surface area contributed by atoms with Gasteiger partial charge in [-0.05, 0) is 24.3 Å². The largest absolute Gasteiger partial charge is 0.478 e. The summed E-state index contributed by atoms with van der Waals surface area (Å²) in [5.41, 5.74) is 0.132. The van der Waals surface area contributed by atoms with Gasteiger partial charge in [0.1, 0.15) is 0 Å². The molecule has 0 aliphatic heterocycles. The maximum atomic E-state index is 11.2. The van der Waals surface area contributed by atoms with Gasteiger partial charge >= 0.3 is 5.97 Å². The van der Waals surface area contributed by atoms with E-state index >= 15 is 0 Å². The van der Waals surface area contributed by atoms with Crippen LogP contribution in [0.4, 0.5) is 0 Å². The first-order chi connectivity index (χ1) is 5.91. The zero-order chi connectivity index (χ0) is 10.1. The van der Waals surface area contributed by atoms with Crippen LogP contribution in [-0.2, 0) is 9.73 Å². The van der Waals surface area contributed by atoms with Crippen molar-refractivity contribution in [2.45, 2.75) is 4.90 Å².